The summed E-state index contributed by atoms with van der Waals surface area (Å²) in [7, 11) is 1.66. The highest BCUT2D eigenvalue weighted by Gasteiger charge is 1.94. The van der Waals surface area contributed by atoms with E-state index in [0.717, 1.165) is 32.2 Å². The van der Waals surface area contributed by atoms with E-state index in [1.54, 1.807) is 7.11 Å². The molecule has 0 N–H and O–H groups in total. The van der Waals surface area contributed by atoms with Gasteiger partial charge in [0.2, 0.25) is 0 Å². The maximum Gasteiger partial charge on any atom is 0.146 e. The van der Waals surface area contributed by atoms with Crippen molar-refractivity contribution >= 4 is 6.29 Å². The topological polar surface area (TPSA) is 44.8 Å². The molecule has 0 aliphatic rings. The van der Waals surface area contributed by atoms with Gasteiger partial charge in [-0.25, -0.2) is 0 Å². The van der Waals surface area contributed by atoms with E-state index in [-0.39, 0.29) is 0 Å². The van der Waals surface area contributed by atoms with Crippen molar-refractivity contribution in [1.82, 2.24) is 0 Å². The fraction of sp³-hybridized carbons (Fsp3) is 0.938. The summed E-state index contributed by atoms with van der Waals surface area (Å²) in [6.45, 7) is 2.39. The quantitative estimate of drug-likeness (QED) is 0.232. The molecule has 0 atom stereocenters. The monoisotopic (exact) mass is 288 g/mol. The third-order valence-corrected chi connectivity index (χ3v) is 3.21. The predicted octanol–water partition coefficient (Wildman–Crippen LogP) is 3.72. The van der Waals surface area contributed by atoms with E-state index in [2.05, 4.69) is 0 Å². The van der Waals surface area contributed by atoms with Gasteiger partial charge >= 0.3 is 0 Å². The van der Waals surface area contributed by atoms with Gasteiger partial charge in [0.15, 0.2) is 0 Å². The fourth-order valence-corrected chi connectivity index (χ4v) is 1.99. The van der Waals surface area contributed by atoms with Gasteiger partial charge in [-0.2, -0.15) is 0 Å². The molecule has 0 fully saturated rings. The lowest BCUT2D eigenvalue weighted by molar-refractivity contribution is -0.107. The Balaban J connectivity index is 2.90. The molecule has 0 amide bonds. The molecular weight excluding hydrogens is 256 g/mol. The Hall–Kier alpha value is -0.450. The molecule has 0 aromatic rings. The molecule has 20 heavy (non-hydrogen) atoms. The Bertz CT molecular complexity index is 185. The number of aldehydes is 1. The lowest BCUT2D eigenvalue weighted by atomic mass is 10.1. The van der Waals surface area contributed by atoms with Crippen LogP contribution in [0.5, 0.6) is 0 Å². The summed E-state index contributed by atoms with van der Waals surface area (Å²) in [5.41, 5.74) is 0. The van der Waals surface area contributed by atoms with Crippen molar-refractivity contribution in [3.63, 3.8) is 0 Å². The number of ether oxygens (including phenoxy) is 3. The van der Waals surface area contributed by atoms with Crippen molar-refractivity contribution in [3.8, 4) is 0 Å². The van der Waals surface area contributed by atoms with E-state index in [4.69, 9.17) is 14.2 Å². The van der Waals surface area contributed by atoms with Crippen molar-refractivity contribution in [2.75, 3.05) is 33.7 Å². The lowest BCUT2D eigenvalue weighted by Gasteiger charge is -2.05. The van der Waals surface area contributed by atoms with Crippen LogP contribution in [0, 0.1) is 0 Å². The van der Waals surface area contributed by atoms with E-state index < -0.39 is 0 Å². The first-order valence-corrected chi connectivity index (χ1v) is 8.00. The number of methoxy groups -OCH3 is 1. The summed E-state index contributed by atoms with van der Waals surface area (Å²) >= 11 is 0. The summed E-state index contributed by atoms with van der Waals surface area (Å²) in [5, 5.41) is 0. The van der Waals surface area contributed by atoms with Crippen molar-refractivity contribution in [1.29, 1.82) is 0 Å². The zero-order chi connectivity index (χ0) is 14.7. The maximum absolute atomic E-state index is 10.1. The second kappa shape index (κ2) is 18.6. The third-order valence-electron chi connectivity index (χ3n) is 3.21. The molecule has 0 bridgehead atoms. The first kappa shape index (κ1) is 19.6. The number of carbonyl (C=O) groups excluding carboxylic acids is 1. The van der Waals surface area contributed by atoms with Crippen molar-refractivity contribution in [3.05, 3.63) is 0 Å². The molecular formula is C16H32O4. The van der Waals surface area contributed by atoms with Crippen LogP contribution >= 0.6 is 0 Å². The first-order chi connectivity index (χ1) is 9.91. The summed E-state index contributed by atoms with van der Waals surface area (Å²) in [6.07, 6.45) is 12.9. The van der Waals surface area contributed by atoms with Crippen LogP contribution in [0.3, 0.4) is 0 Å². The van der Waals surface area contributed by atoms with Gasteiger partial charge in [-0.15, -0.1) is 0 Å². The molecule has 4 nitrogen and oxygen atoms in total. The predicted molar refractivity (Wildman–Crippen MR) is 80.9 cm³/mol. The van der Waals surface area contributed by atoms with Gasteiger partial charge in [-0.1, -0.05) is 44.9 Å². The Labute approximate surface area is 124 Å². The van der Waals surface area contributed by atoms with E-state index in [1.807, 2.05) is 0 Å². The minimum atomic E-state index is 0.379. The number of unbranched alkanes of at least 4 members (excludes halogenated alkanes) is 9. The summed E-state index contributed by atoms with van der Waals surface area (Å²) < 4.78 is 15.4. The molecule has 0 heterocycles. The number of rotatable bonds is 17. The van der Waals surface area contributed by atoms with Crippen LogP contribution in [-0.2, 0) is 19.0 Å². The van der Waals surface area contributed by atoms with Gasteiger partial charge in [-0.05, 0) is 12.8 Å². The molecule has 0 rings (SSSR count). The van der Waals surface area contributed by atoms with Gasteiger partial charge < -0.3 is 19.0 Å². The van der Waals surface area contributed by atoms with Crippen LogP contribution in [0.1, 0.15) is 64.2 Å². The molecule has 0 saturated carbocycles. The second-order valence-corrected chi connectivity index (χ2v) is 5.06. The average Bonchev–Trinajstić information content (AvgIpc) is 2.47. The van der Waals surface area contributed by atoms with Gasteiger partial charge in [0.1, 0.15) is 13.1 Å². The molecule has 4 heteroatoms. The third kappa shape index (κ3) is 17.6. The van der Waals surface area contributed by atoms with Gasteiger partial charge in [0.05, 0.1) is 13.2 Å². The van der Waals surface area contributed by atoms with Crippen LogP contribution in [-0.4, -0.2) is 40.0 Å². The van der Waals surface area contributed by atoms with Gasteiger partial charge in [0, 0.05) is 20.1 Å². The molecule has 0 aliphatic carbocycles. The smallest absolute Gasteiger partial charge is 0.146 e. The normalized spacial score (nSPS) is 10.8. The van der Waals surface area contributed by atoms with Crippen LogP contribution in [0.4, 0.5) is 0 Å². The number of hydrogen-bond donors (Lipinski definition) is 0. The molecule has 120 valence electrons. The van der Waals surface area contributed by atoms with E-state index >= 15 is 0 Å². The Morgan fingerprint density at radius 3 is 1.85 bits per heavy atom. The summed E-state index contributed by atoms with van der Waals surface area (Å²) in [6, 6.07) is 0. The van der Waals surface area contributed by atoms with Crippen molar-refractivity contribution in [2.24, 2.45) is 0 Å². The van der Waals surface area contributed by atoms with Crippen molar-refractivity contribution < 1.29 is 19.0 Å². The largest absolute Gasteiger partial charge is 0.382 e. The number of carbonyl (C=O) groups is 1. The zero-order valence-electron chi connectivity index (χ0n) is 13.1. The molecule has 0 aromatic carbocycles. The van der Waals surface area contributed by atoms with Crippen molar-refractivity contribution in [2.45, 2.75) is 64.2 Å². The molecule has 0 aromatic heterocycles. The van der Waals surface area contributed by atoms with Crippen LogP contribution < -0.4 is 0 Å². The standard InChI is InChI=1S/C16H32O4/c1-18-14-15-20-16-19-13-11-9-7-5-3-2-4-6-8-10-12-17/h12H,2-11,13-16H2,1H3. The Morgan fingerprint density at radius 2 is 1.25 bits per heavy atom. The van der Waals surface area contributed by atoms with E-state index in [1.165, 1.54) is 44.9 Å². The summed E-state index contributed by atoms with van der Waals surface area (Å²) in [4.78, 5) is 10.1. The van der Waals surface area contributed by atoms with Crippen LogP contribution in [0.15, 0.2) is 0 Å². The highest BCUT2D eigenvalue weighted by Crippen LogP contribution is 2.10. The van der Waals surface area contributed by atoms with E-state index in [9.17, 15) is 4.79 Å². The molecule has 0 unspecified atom stereocenters. The average molecular weight is 288 g/mol. The van der Waals surface area contributed by atoms with E-state index in [0.29, 0.717) is 20.0 Å². The first-order valence-electron chi connectivity index (χ1n) is 8.00. The maximum atomic E-state index is 10.1. The number of hydrogen-bond acceptors (Lipinski definition) is 4. The highest BCUT2D eigenvalue weighted by atomic mass is 16.7. The SMILES string of the molecule is COCCOCOCCCCCCCCCCCC=O. The minimum absolute atomic E-state index is 0.379. The van der Waals surface area contributed by atoms with Crippen LogP contribution in [0.25, 0.3) is 0 Å². The fourth-order valence-electron chi connectivity index (χ4n) is 1.99. The lowest BCUT2D eigenvalue weighted by Crippen LogP contribution is -2.06. The second-order valence-electron chi connectivity index (χ2n) is 5.06. The minimum Gasteiger partial charge on any atom is -0.382 e. The molecule has 0 spiro atoms. The summed E-state index contributed by atoms with van der Waals surface area (Å²) in [5.74, 6) is 0. The molecule has 0 aliphatic heterocycles. The molecule has 0 saturated heterocycles. The Morgan fingerprint density at radius 1 is 0.700 bits per heavy atom. The molecule has 0 radical (unpaired) electrons. The van der Waals surface area contributed by atoms with Crippen LogP contribution in [0.2, 0.25) is 0 Å². The van der Waals surface area contributed by atoms with Gasteiger partial charge in [-0.3, -0.25) is 0 Å². The van der Waals surface area contributed by atoms with Gasteiger partial charge in [0.25, 0.3) is 0 Å². The zero-order valence-corrected chi connectivity index (χ0v) is 13.1. The Kier molecular flexibility index (Phi) is 18.1. The highest BCUT2D eigenvalue weighted by molar-refractivity contribution is 5.48.